The molecule has 2 aromatic rings. The highest BCUT2D eigenvalue weighted by molar-refractivity contribution is 5.56. The molecule has 5 nitrogen and oxygen atoms in total. The summed E-state index contributed by atoms with van der Waals surface area (Å²) < 4.78 is 30.4. The first-order valence-electron chi connectivity index (χ1n) is 9.15. The molecular weight excluding hydrogens is 335 g/mol. The van der Waals surface area contributed by atoms with Crippen molar-refractivity contribution in [3.63, 3.8) is 0 Å². The van der Waals surface area contributed by atoms with Crippen molar-refractivity contribution in [3.8, 4) is 17.2 Å². The fourth-order valence-electron chi connectivity index (χ4n) is 3.53. The van der Waals surface area contributed by atoms with E-state index in [1.807, 2.05) is 6.92 Å². The van der Waals surface area contributed by atoms with Crippen LogP contribution in [0.15, 0.2) is 22.6 Å². The first kappa shape index (κ1) is 18.9. The van der Waals surface area contributed by atoms with Crippen molar-refractivity contribution < 1.29 is 18.3 Å². The highest BCUT2D eigenvalue weighted by atomic mass is 19.1. The molecule has 1 aliphatic rings. The summed E-state index contributed by atoms with van der Waals surface area (Å²) in [4.78, 5) is 7.03. The van der Waals surface area contributed by atoms with Crippen LogP contribution in [0.4, 0.5) is 4.39 Å². The first-order chi connectivity index (χ1) is 12.6. The van der Waals surface area contributed by atoms with Crippen LogP contribution in [0.1, 0.15) is 37.1 Å². The van der Waals surface area contributed by atoms with E-state index in [0.29, 0.717) is 23.2 Å². The maximum absolute atomic E-state index is 14.3. The maximum Gasteiger partial charge on any atom is 0.229 e. The number of oxazole rings is 1. The predicted octanol–water partition coefficient (Wildman–Crippen LogP) is 4.19. The quantitative estimate of drug-likeness (QED) is 0.739. The van der Waals surface area contributed by atoms with Crippen LogP contribution < -0.4 is 4.74 Å². The Morgan fingerprint density at radius 2 is 2.15 bits per heavy atom. The Morgan fingerprint density at radius 1 is 1.31 bits per heavy atom. The molecule has 1 atom stereocenters. The summed E-state index contributed by atoms with van der Waals surface area (Å²) in [6.45, 7) is 4.43. The second-order valence-electron chi connectivity index (χ2n) is 6.77. The predicted molar refractivity (Wildman–Crippen MR) is 97.7 cm³/mol. The molecule has 142 valence electrons. The summed E-state index contributed by atoms with van der Waals surface area (Å²) in [7, 11) is 3.26. The van der Waals surface area contributed by atoms with Gasteiger partial charge in [-0.2, -0.15) is 0 Å². The Labute approximate surface area is 154 Å². The van der Waals surface area contributed by atoms with E-state index in [1.165, 1.54) is 32.4 Å². The molecule has 0 bridgehead atoms. The molecule has 1 fully saturated rings. The summed E-state index contributed by atoms with van der Waals surface area (Å²) in [5, 5.41) is 0. The minimum Gasteiger partial charge on any atom is -0.497 e. The van der Waals surface area contributed by atoms with Crippen LogP contribution in [0.2, 0.25) is 0 Å². The largest absolute Gasteiger partial charge is 0.497 e. The molecule has 0 N–H and O–H groups in total. The fourth-order valence-corrected chi connectivity index (χ4v) is 3.53. The van der Waals surface area contributed by atoms with Gasteiger partial charge in [0.1, 0.15) is 17.3 Å². The smallest absolute Gasteiger partial charge is 0.229 e. The highest BCUT2D eigenvalue weighted by Crippen LogP contribution is 2.29. The van der Waals surface area contributed by atoms with E-state index in [0.717, 1.165) is 37.6 Å². The van der Waals surface area contributed by atoms with Gasteiger partial charge in [0.2, 0.25) is 5.89 Å². The Morgan fingerprint density at radius 3 is 2.88 bits per heavy atom. The number of aryl methyl sites for hydroxylation is 1. The van der Waals surface area contributed by atoms with Crippen molar-refractivity contribution in [1.29, 1.82) is 0 Å². The number of hydrogen-bond acceptors (Lipinski definition) is 5. The molecule has 3 rings (SSSR count). The number of ether oxygens (including phenoxy) is 2. The standard InChI is InChI=1S/C20H27FN2O3/c1-14-19(13-23-10-5-4-6-15(23)9-11-24-2)22-20(26-14)17-8-7-16(25-3)12-18(17)21/h7-8,12,15H,4-6,9-11,13H2,1-3H3. The SMILES string of the molecule is COCCC1CCCCN1Cc1nc(-c2ccc(OC)cc2F)oc1C. The lowest BCUT2D eigenvalue weighted by Gasteiger charge is -2.35. The molecule has 1 aromatic heterocycles. The van der Waals surface area contributed by atoms with Gasteiger partial charge in [0.05, 0.1) is 18.4 Å². The van der Waals surface area contributed by atoms with Crippen LogP contribution in [0.5, 0.6) is 5.75 Å². The number of benzene rings is 1. The molecular formula is C20H27FN2O3. The van der Waals surface area contributed by atoms with Crippen LogP contribution in [0.25, 0.3) is 11.5 Å². The van der Waals surface area contributed by atoms with Crippen LogP contribution in [-0.4, -0.2) is 43.3 Å². The lowest BCUT2D eigenvalue weighted by Crippen LogP contribution is -2.39. The summed E-state index contributed by atoms with van der Waals surface area (Å²) in [5.74, 6) is 1.14. The highest BCUT2D eigenvalue weighted by Gasteiger charge is 2.25. The molecule has 0 aliphatic carbocycles. The topological polar surface area (TPSA) is 47.7 Å². The number of piperidine rings is 1. The fraction of sp³-hybridized carbons (Fsp3) is 0.550. The Kier molecular flexibility index (Phi) is 6.27. The van der Waals surface area contributed by atoms with Crippen molar-refractivity contribution >= 4 is 0 Å². The van der Waals surface area contributed by atoms with Crippen LogP contribution in [0.3, 0.4) is 0 Å². The van der Waals surface area contributed by atoms with Gasteiger partial charge in [0, 0.05) is 32.4 Å². The number of halogens is 1. The van der Waals surface area contributed by atoms with Gasteiger partial charge >= 0.3 is 0 Å². The van der Waals surface area contributed by atoms with E-state index in [2.05, 4.69) is 9.88 Å². The molecule has 1 aliphatic heterocycles. The Balaban J connectivity index is 1.77. The van der Waals surface area contributed by atoms with E-state index in [-0.39, 0.29) is 0 Å². The molecule has 26 heavy (non-hydrogen) atoms. The van der Waals surface area contributed by atoms with Gasteiger partial charge < -0.3 is 13.9 Å². The molecule has 0 saturated carbocycles. The first-order valence-corrected chi connectivity index (χ1v) is 9.15. The monoisotopic (exact) mass is 362 g/mol. The second-order valence-corrected chi connectivity index (χ2v) is 6.77. The molecule has 0 amide bonds. The van der Waals surface area contributed by atoms with Gasteiger partial charge in [-0.25, -0.2) is 9.37 Å². The molecule has 1 aromatic carbocycles. The van der Waals surface area contributed by atoms with Crippen molar-refractivity contribution in [2.24, 2.45) is 0 Å². The maximum atomic E-state index is 14.3. The third-order valence-electron chi connectivity index (χ3n) is 5.06. The number of likely N-dealkylation sites (tertiary alicyclic amines) is 1. The molecule has 2 heterocycles. The molecule has 0 spiro atoms. The number of rotatable bonds is 7. The summed E-state index contributed by atoms with van der Waals surface area (Å²) in [6, 6.07) is 5.20. The number of aromatic nitrogens is 1. The van der Waals surface area contributed by atoms with Gasteiger partial charge in [0.25, 0.3) is 0 Å². The van der Waals surface area contributed by atoms with Gasteiger partial charge in [-0.3, -0.25) is 4.90 Å². The van der Waals surface area contributed by atoms with Crippen molar-refractivity contribution in [1.82, 2.24) is 9.88 Å². The van der Waals surface area contributed by atoms with E-state index < -0.39 is 5.82 Å². The number of hydrogen-bond donors (Lipinski definition) is 0. The molecule has 1 saturated heterocycles. The molecule has 1 unspecified atom stereocenters. The third-order valence-corrected chi connectivity index (χ3v) is 5.06. The second kappa shape index (κ2) is 8.64. The van der Waals surface area contributed by atoms with Crippen LogP contribution >= 0.6 is 0 Å². The van der Waals surface area contributed by atoms with Gasteiger partial charge in [-0.15, -0.1) is 0 Å². The zero-order valence-electron chi connectivity index (χ0n) is 15.8. The lowest BCUT2D eigenvalue weighted by molar-refractivity contribution is 0.0961. The van der Waals surface area contributed by atoms with Crippen molar-refractivity contribution in [2.45, 2.75) is 45.2 Å². The lowest BCUT2D eigenvalue weighted by atomic mass is 9.99. The zero-order chi connectivity index (χ0) is 18.5. The summed E-state index contributed by atoms with van der Waals surface area (Å²) >= 11 is 0. The van der Waals surface area contributed by atoms with Crippen molar-refractivity contribution in [2.75, 3.05) is 27.4 Å². The Hall–Kier alpha value is -1.92. The zero-order valence-corrected chi connectivity index (χ0v) is 15.8. The normalized spacial score (nSPS) is 18.2. The van der Waals surface area contributed by atoms with Crippen LogP contribution in [-0.2, 0) is 11.3 Å². The number of methoxy groups -OCH3 is 2. The average molecular weight is 362 g/mol. The Bertz CT molecular complexity index is 732. The third kappa shape index (κ3) is 4.24. The van der Waals surface area contributed by atoms with E-state index >= 15 is 0 Å². The summed E-state index contributed by atoms with van der Waals surface area (Å²) in [6.07, 6.45) is 4.65. The molecule has 6 heteroatoms. The van der Waals surface area contributed by atoms with Crippen molar-refractivity contribution in [3.05, 3.63) is 35.5 Å². The number of nitrogens with zero attached hydrogens (tertiary/aromatic N) is 2. The van der Waals surface area contributed by atoms with Crippen LogP contribution in [0, 0.1) is 12.7 Å². The van der Waals surface area contributed by atoms with Gasteiger partial charge in [-0.1, -0.05) is 6.42 Å². The minimum atomic E-state index is -0.395. The van der Waals surface area contributed by atoms with E-state index in [1.54, 1.807) is 19.2 Å². The minimum absolute atomic E-state index is 0.322. The van der Waals surface area contributed by atoms with E-state index in [9.17, 15) is 4.39 Å². The molecule has 0 radical (unpaired) electrons. The van der Waals surface area contributed by atoms with Gasteiger partial charge in [0.15, 0.2) is 0 Å². The van der Waals surface area contributed by atoms with Gasteiger partial charge in [-0.05, 0) is 44.9 Å². The van der Waals surface area contributed by atoms with E-state index in [4.69, 9.17) is 13.9 Å². The average Bonchev–Trinajstić information content (AvgIpc) is 3.01. The summed E-state index contributed by atoms with van der Waals surface area (Å²) in [5.41, 5.74) is 1.23.